The fourth-order valence-corrected chi connectivity index (χ4v) is 14.5. The zero-order valence-corrected chi connectivity index (χ0v) is 44.6. The first-order chi connectivity index (χ1) is 40.1. The summed E-state index contributed by atoms with van der Waals surface area (Å²) in [6.45, 7) is 8.53. The molecule has 4 aliphatic rings. The fraction of sp³-hybridized carbons (Fsp3) is 0.0267. The van der Waals surface area contributed by atoms with Gasteiger partial charge in [-0.3, -0.25) is 0 Å². The largest absolute Gasteiger partial charge is 0.310 e. The molecule has 0 atom stereocenters. The van der Waals surface area contributed by atoms with Crippen LogP contribution in [0.2, 0.25) is 5.02 Å². The molecule has 0 aliphatic carbocycles. The number of nitrogens with zero attached hydrogens (tertiary/aromatic N) is 5. The first-order valence-electron chi connectivity index (χ1n) is 27.5. The number of benzene rings is 12. The van der Waals surface area contributed by atoms with Gasteiger partial charge >= 0.3 is 0 Å². The van der Waals surface area contributed by atoms with Crippen LogP contribution in [-0.4, -0.2) is 0 Å². The Labute approximate surface area is 476 Å². The van der Waals surface area contributed by atoms with E-state index in [1.807, 2.05) is 18.2 Å². The monoisotopic (exact) mass is 1050 g/mol. The van der Waals surface area contributed by atoms with Gasteiger partial charge < -0.3 is 19.6 Å². The molecule has 0 saturated heterocycles. The third kappa shape index (κ3) is 6.42. The molecule has 4 heterocycles. The molecule has 0 N–H and O–H groups in total. The molecule has 380 valence electrons. The van der Waals surface area contributed by atoms with Crippen molar-refractivity contribution < 1.29 is 0 Å². The molecule has 0 aromatic heterocycles. The highest BCUT2D eigenvalue weighted by molar-refractivity contribution is 6.37. The number of hydrogen-bond acceptors (Lipinski definition) is 4. The van der Waals surface area contributed by atoms with Crippen molar-refractivity contribution in [3.05, 3.63) is 352 Å². The van der Waals surface area contributed by atoms with Crippen molar-refractivity contribution in [2.45, 2.75) is 10.8 Å². The van der Waals surface area contributed by atoms with Gasteiger partial charge in [-0.05, 0) is 141 Å². The Morgan fingerprint density at radius 2 is 0.519 bits per heavy atom. The van der Waals surface area contributed by atoms with Crippen LogP contribution >= 0.6 is 11.6 Å². The lowest BCUT2D eigenvalue weighted by Crippen LogP contribution is -2.42. The molecular formula is C75H48ClN5. The summed E-state index contributed by atoms with van der Waals surface area (Å²) in [5, 5.41) is 0.569. The Morgan fingerprint density at radius 3 is 0.815 bits per heavy atom. The van der Waals surface area contributed by atoms with E-state index in [-0.39, 0.29) is 0 Å². The predicted molar refractivity (Wildman–Crippen MR) is 333 cm³/mol. The highest BCUT2D eigenvalue weighted by Gasteiger charge is 2.54. The van der Waals surface area contributed by atoms with Crippen molar-refractivity contribution >= 4 is 85.5 Å². The van der Waals surface area contributed by atoms with E-state index in [4.69, 9.17) is 18.2 Å². The SMILES string of the molecule is [C-]#[N+]c1ccccc1-c1cc(N2c3ccccc3C3(c4ccccc4N(c4ccccc4)c4ccccc43)c3ccccc32)c(Cl)c(N2c3ccccc3C3(c4ccccc4N(c4ccccc4)c4ccccc43)c3ccccc32)c1. The van der Waals surface area contributed by atoms with Gasteiger partial charge in [0.1, 0.15) is 0 Å². The second-order valence-electron chi connectivity index (χ2n) is 21.1. The molecule has 12 aromatic carbocycles. The van der Waals surface area contributed by atoms with E-state index in [1.54, 1.807) is 0 Å². The minimum atomic E-state index is -0.743. The van der Waals surface area contributed by atoms with Crippen molar-refractivity contribution in [1.82, 2.24) is 0 Å². The Bertz CT molecular complexity index is 4110. The standard InChI is InChI=1S/C75H48ClN5/c1-77-62-39-17-8-30-53(62)50-48-71(80-67-44-22-13-35-58(67)74(59-36-14-23-45-68(59)80)54-31-9-18-40-63(54)78(51-26-4-2-5-27-51)64-41-19-10-32-55(64)74)73(76)72(49-50)81-69-46-24-15-37-60(69)75(61-38-16-25-47-70(61)81)56-33-11-20-42-65(56)79(52-28-6-3-7-29-52)66-43-21-12-34-57(66)75/h2-49H. The molecule has 0 unspecified atom stereocenters. The number of hydrogen-bond donors (Lipinski definition) is 0. The molecule has 12 aromatic rings. The predicted octanol–water partition coefficient (Wildman–Crippen LogP) is 20.5. The second-order valence-corrected chi connectivity index (χ2v) is 21.5. The zero-order chi connectivity index (χ0) is 53.8. The molecule has 0 bridgehead atoms. The van der Waals surface area contributed by atoms with Gasteiger partial charge in [0, 0.05) is 11.4 Å². The van der Waals surface area contributed by atoms with Crippen LogP contribution in [0, 0.1) is 6.57 Å². The van der Waals surface area contributed by atoms with Crippen LogP contribution in [0.25, 0.3) is 16.0 Å². The topological polar surface area (TPSA) is 17.3 Å². The molecule has 0 fully saturated rings. The third-order valence-electron chi connectivity index (χ3n) is 17.3. The number of fused-ring (bicyclic) bond motifs is 16. The first-order valence-corrected chi connectivity index (χ1v) is 27.9. The van der Waals surface area contributed by atoms with E-state index in [0.717, 1.165) is 102 Å². The highest BCUT2D eigenvalue weighted by atomic mass is 35.5. The van der Waals surface area contributed by atoms with E-state index in [1.165, 1.54) is 22.3 Å². The molecule has 16 rings (SSSR count). The third-order valence-corrected chi connectivity index (χ3v) is 17.7. The van der Waals surface area contributed by atoms with Crippen LogP contribution in [0.5, 0.6) is 0 Å². The lowest BCUT2D eigenvalue weighted by Gasteiger charge is -2.52. The summed E-state index contributed by atoms with van der Waals surface area (Å²) in [6.07, 6.45) is 0. The molecule has 81 heavy (non-hydrogen) atoms. The van der Waals surface area contributed by atoms with Gasteiger partial charge in [0.2, 0.25) is 0 Å². The van der Waals surface area contributed by atoms with E-state index >= 15 is 0 Å². The Morgan fingerprint density at radius 1 is 0.272 bits per heavy atom. The van der Waals surface area contributed by atoms with Crippen molar-refractivity contribution in [2.75, 3.05) is 19.6 Å². The molecule has 2 spiro atoms. The molecule has 6 heteroatoms. The maximum Gasteiger partial charge on any atom is 0.194 e. The Balaban J connectivity index is 0.969. The van der Waals surface area contributed by atoms with Gasteiger partial charge in [-0.25, -0.2) is 4.85 Å². The normalized spacial score (nSPS) is 14.3. The molecule has 0 radical (unpaired) electrons. The molecular weight excluding hydrogens is 1010 g/mol. The number of anilines is 12. The summed E-state index contributed by atoms with van der Waals surface area (Å²) in [6, 6.07) is 105. The average Bonchev–Trinajstić information content (AvgIpc) is 2.01. The maximum absolute atomic E-state index is 8.53. The van der Waals surface area contributed by atoms with Crippen LogP contribution in [0.1, 0.15) is 44.5 Å². The number of rotatable bonds is 5. The van der Waals surface area contributed by atoms with E-state index in [0.29, 0.717) is 10.7 Å². The van der Waals surface area contributed by atoms with E-state index in [2.05, 4.69) is 297 Å². The molecule has 4 aliphatic heterocycles. The quantitative estimate of drug-likeness (QED) is 0.160. The minimum absolute atomic E-state index is 0.560. The van der Waals surface area contributed by atoms with Gasteiger partial charge in [-0.1, -0.05) is 218 Å². The Kier molecular flexibility index (Phi) is 10.4. The Hall–Kier alpha value is -10.4. The van der Waals surface area contributed by atoms with Crippen molar-refractivity contribution in [3.63, 3.8) is 0 Å². The number of halogens is 1. The van der Waals surface area contributed by atoms with Crippen LogP contribution in [0.3, 0.4) is 0 Å². The van der Waals surface area contributed by atoms with Crippen LogP contribution in [0.4, 0.5) is 73.9 Å². The summed E-state index contributed by atoms with van der Waals surface area (Å²) < 4.78 is 0. The van der Waals surface area contributed by atoms with Gasteiger partial charge in [0.05, 0.1) is 79.3 Å². The zero-order valence-electron chi connectivity index (χ0n) is 43.8. The van der Waals surface area contributed by atoms with Crippen molar-refractivity contribution in [2.24, 2.45) is 0 Å². The van der Waals surface area contributed by atoms with E-state index < -0.39 is 10.8 Å². The summed E-state index contributed by atoms with van der Waals surface area (Å²) in [4.78, 5) is 13.7. The van der Waals surface area contributed by atoms with Gasteiger partial charge in [-0.2, -0.15) is 0 Å². The van der Waals surface area contributed by atoms with Crippen molar-refractivity contribution in [1.29, 1.82) is 0 Å². The second kappa shape index (κ2) is 18.1. The summed E-state index contributed by atoms with van der Waals surface area (Å²) in [5.41, 5.74) is 22.4. The average molecular weight is 1050 g/mol. The summed E-state index contributed by atoms with van der Waals surface area (Å²) in [7, 11) is 0. The van der Waals surface area contributed by atoms with Crippen LogP contribution < -0.4 is 19.6 Å². The van der Waals surface area contributed by atoms with E-state index in [9.17, 15) is 0 Å². The fourth-order valence-electron chi connectivity index (χ4n) is 14.3. The maximum atomic E-state index is 8.53. The van der Waals surface area contributed by atoms with Gasteiger partial charge in [-0.15, -0.1) is 0 Å². The van der Waals surface area contributed by atoms with Gasteiger partial charge in [0.15, 0.2) is 5.69 Å². The first kappa shape index (κ1) is 46.7. The highest BCUT2D eigenvalue weighted by Crippen LogP contribution is 2.67. The smallest absolute Gasteiger partial charge is 0.194 e. The molecule has 0 saturated carbocycles. The van der Waals surface area contributed by atoms with Gasteiger partial charge in [0.25, 0.3) is 0 Å². The van der Waals surface area contributed by atoms with Crippen molar-refractivity contribution in [3.8, 4) is 11.1 Å². The lowest BCUT2D eigenvalue weighted by atomic mass is 9.60. The van der Waals surface area contributed by atoms with Crippen LogP contribution in [0.15, 0.2) is 291 Å². The summed E-state index contributed by atoms with van der Waals surface area (Å²) in [5.74, 6) is 0. The molecule has 5 nitrogen and oxygen atoms in total. The number of para-hydroxylation sites is 11. The minimum Gasteiger partial charge on any atom is -0.310 e. The lowest BCUT2D eigenvalue weighted by molar-refractivity contribution is 0.718. The molecule has 0 amide bonds. The van der Waals surface area contributed by atoms with Crippen LogP contribution in [-0.2, 0) is 10.8 Å². The summed E-state index contributed by atoms with van der Waals surface area (Å²) >= 11 is 8.47.